The van der Waals surface area contributed by atoms with Crippen LogP contribution >= 0.6 is 0 Å². The molecule has 3 rings (SSSR count). The van der Waals surface area contributed by atoms with E-state index in [1.807, 2.05) is 4.72 Å². The van der Waals surface area contributed by atoms with E-state index in [9.17, 15) is 36.8 Å². The second kappa shape index (κ2) is 16.6. The molecule has 0 saturated heterocycles. The molecule has 0 radical (unpaired) electrons. The monoisotopic (exact) mass is 713 g/mol. The summed E-state index contributed by atoms with van der Waals surface area (Å²) in [6.07, 6.45) is -1.30. The Bertz CT molecular complexity index is 1480. The lowest BCUT2D eigenvalue weighted by atomic mass is 10.1. The number of benzene rings is 1. The largest absolute Gasteiger partial charge is 0.444 e. The van der Waals surface area contributed by atoms with Crippen LogP contribution in [0, 0.1) is 11.7 Å². The number of alkyl carbamates (subject to hydrolysis) is 1. The Morgan fingerprint density at radius 3 is 2.43 bits per heavy atom. The van der Waals surface area contributed by atoms with Crippen LogP contribution in [0.2, 0.25) is 0 Å². The van der Waals surface area contributed by atoms with E-state index in [1.165, 1.54) is 31.9 Å². The lowest BCUT2D eigenvalue weighted by molar-refractivity contribution is -0.144. The Labute approximate surface area is 287 Å². The predicted molar refractivity (Wildman–Crippen MR) is 175 cm³/mol. The topological polar surface area (TPSA) is 190 Å². The number of halogens is 1. The van der Waals surface area contributed by atoms with Gasteiger partial charge in [0, 0.05) is 25.8 Å². The van der Waals surface area contributed by atoms with E-state index in [0.717, 1.165) is 4.90 Å². The van der Waals surface area contributed by atoms with Crippen molar-refractivity contribution in [3.05, 3.63) is 35.1 Å². The number of nitrogens with one attached hydrogen (secondary N) is 3. The second-order valence-corrected chi connectivity index (χ2v) is 14.1. The fourth-order valence-corrected chi connectivity index (χ4v) is 6.15. The third-order valence-corrected chi connectivity index (χ3v) is 8.80. The van der Waals surface area contributed by atoms with Crippen molar-refractivity contribution in [2.45, 2.75) is 110 Å². The van der Waals surface area contributed by atoms with Gasteiger partial charge in [-0.05, 0) is 77.8 Å². The van der Waals surface area contributed by atoms with Crippen molar-refractivity contribution in [2.24, 2.45) is 5.92 Å². The van der Waals surface area contributed by atoms with Gasteiger partial charge in [-0.25, -0.2) is 22.4 Å². The van der Waals surface area contributed by atoms with Gasteiger partial charge in [-0.1, -0.05) is 19.1 Å². The van der Waals surface area contributed by atoms with Crippen molar-refractivity contribution in [1.82, 2.24) is 25.2 Å². The minimum atomic E-state index is -3.30. The summed E-state index contributed by atoms with van der Waals surface area (Å²) >= 11 is 0. The number of hydrogen-bond donors (Lipinski definition) is 4. The molecule has 1 fully saturated rings. The van der Waals surface area contributed by atoms with Crippen LogP contribution in [0.15, 0.2) is 18.2 Å². The number of carbonyl (C=O) groups is 5. The Hall–Kier alpha value is -3.99. The van der Waals surface area contributed by atoms with Crippen LogP contribution < -0.4 is 15.4 Å². The summed E-state index contributed by atoms with van der Waals surface area (Å²) in [5, 5.41) is 5.20. The molecule has 0 unspecified atom stereocenters. The second-order valence-electron chi connectivity index (χ2n) is 13.4. The number of ether oxygens (including phenoxy) is 3. The van der Waals surface area contributed by atoms with E-state index in [0.29, 0.717) is 30.6 Å². The number of rotatable bonds is 15. The van der Waals surface area contributed by atoms with Crippen LogP contribution in [-0.2, 0) is 52.6 Å². The van der Waals surface area contributed by atoms with Gasteiger partial charge in [0.05, 0.1) is 13.1 Å². The Morgan fingerprint density at radius 1 is 1.14 bits per heavy atom. The third-order valence-electron chi connectivity index (χ3n) is 8.42. The maximum atomic E-state index is 14.3. The van der Waals surface area contributed by atoms with E-state index >= 15 is 0 Å². The molecule has 15 nitrogen and oxygen atoms in total. The predicted octanol–water partition coefficient (Wildman–Crippen LogP) is 2.13. The normalized spacial score (nSPS) is 20.0. The fraction of sp³-hybridized carbons (Fsp3) is 0.656. The quantitative estimate of drug-likeness (QED) is 0.155. The molecule has 49 heavy (non-hydrogen) atoms. The van der Waals surface area contributed by atoms with Crippen molar-refractivity contribution >= 4 is 40.8 Å². The Kier molecular flexibility index (Phi) is 13.4. The number of fused-ring (bicyclic) bond motifs is 1. The molecule has 1 aromatic rings. The van der Waals surface area contributed by atoms with Crippen molar-refractivity contribution in [1.29, 1.82) is 0 Å². The molecule has 5 amide bonds. The molecule has 1 aliphatic heterocycles. The number of nitrogens with zero attached hydrogens (tertiary/aromatic N) is 2. The minimum absolute atomic E-state index is 0.00264. The summed E-state index contributed by atoms with van der Waals surface area (Å²) in [6, 6.07) is 2.14. The Balaban J connectivity index is 1.82. The van der Waals surface area contributed by atoms with Crippen LogP contribution in [-0.4, -0.2) is 97.7 Å². The van der Waals surface area contributed by atoms with Gasteiger partial charge in [-0.3, -0.25) is 24.0 Å². The maximum Gasteiger partial charge on any atom is 0.410 e. The van der Waals surface area contributed by atoms with Crippen LogP contribution in [0.3, 0.4) is 0 Å². The van der Waals surface area contributed by atoms with Gasteiger partial charge in [0.15, 0.2) is 0 Å². The van der Waals surface area contributed by atoms with E-state index in [2.05, 4.69) is 10.6 Å². The molecule has 5 atom stereocenters. The Morgan fingerprint density at radius 2 is 1.84 bits per heavy atom. The molecule has 17 heteroatoms. The molecule has 0 aromatic heterocycles. The highest BCUT2D eigenvalue weighted by Crippen LogP contribution is 2.47. The summed E-state index contributed by atoms with van der Waals surface area (Å²) in [6.45, 7) is 9.77. The highest BCUT2D eigenvalue weighted by molar-refractivity contribution is 7.71. The first kappa shape index (κ1) is 39.4. The lowest BCUT2D eigenvalue weighted by Gasteiger charge is -2.34. The molecule has 1 saturated carbocycles. The van der Waals surface area contributed by atoms with Gasteiger partial charge < -0.3 is 29.7 Å². The van der Waals surface area contributed by atoms with Gasteiger partial charge in [0.2, 0.25) is 22.7 Å². The third kappa shape index (κ3) is 10.5. The number of hydrogen-bond acceptors (Lipinski definition) is 10. The molecule has 274 valence electrons. The molecule has 0 spiro atoms. The van der Waals surface area contributed by atoms with Crippen molar-refractivity contribution in [3.63, 3.8) is 0 Å². The SMILES string of the molecule is CC[C@H](NC(=O)OC(C)(C)C)C(=O)N(C[C@@H](C)OC(=O)N1Cc2cccc(F)c2C1)[C@@H](C)C(=O)N[C@]1(C(=O)N[SH](=O)=O)C[C@H]1CCCOC. The summed E-state index contributed by atoms with van der Waals surface area (Å²) < 4.78 is 54.9. The van der Waals surface area contributed by atoms with Crippen molar-refractivity contribution < 1.29 is 51.0 Å². The number of thiol groups is 1. The number of amides is 5. The fourth-order valence-electron chi connectivity index (χ4n) is 5.79. The number of methoxy groups -OCH3 is 1. The molecule has 1 heterocycles. The van der Waals surface area contributed by atoms with E-state index < -0.39 is 75.9 Å². The van der Waals surface area contributed by atoms with E-state index in [-0.39, 0.29) is 38.4 Å². The van der Waals surface area contributed by atoms with Gasteiger partial charge in [0.1, 0.15) is 35.1 Å². The minimum Gasteiger partial charge on any atom is -0.444 e. The standard InChI is InChI=1S/C32H48FN5O10S/c1-8-25(34-29(42)48-31(4,5)6)27(40)38(16-19(2)47-30(43)37-17-21-11-9-13-24(33)23(21)18-37)20(3)26(39)35-32(28(41)36-49(44)45)15-22(32)12-10-14-46-7/h9,11,13,19-20,22,25,49H,8,10,12,14-18H2,1-7H3,(H,34,42)(H,35,39)(H,36,41,44,45)/t19-,20+,22-,25+,32-/m1/s1. The smallest absolute Gasteiger partial charge is 0.410 e. The highest BCUT2D eigenvalue weighted by atomic mass is 32.2. The summed E-state index contributed by atoms with van der Waals surface area (Å²) in [7, 11) is -1.78. The molecular formula is C32H48FN5O10S. The highest BCUT2D eigenvalue weighted by Gasteiger charge is 2.61. The molecule has 3 N–H and O–H groups in total. The van der Waals surface area contributed by atoms with Gasteiger partial charge in [-0.15, -0.1) is 0 Å². The first-order valence-corrected chi connectivity index (χ1v) is 17.4. The average molecular weight is 714 g/mol. The van der Waals surface area contributed by atoms with Crippen LogP contribution in [0.4, 0.5) is 14.0 Å². The average Bonchev–Trinajstić information content (AvgIpc) is 3.51. The van der Waals surface area contributed by atoms with E-state index in [1.54, 1.807) is 39.8 Å². The van der Waals surface area contributed by atoms with Gasteiger partial charge in [0.25, 0.3) is 5.91 Å². The summed E-state index contributed by atoms with van der Waals surface area (Å²) in [4.78, 5) is 68.9. The zero-order valence-corrected chi connectivity index (χ0v) is 29.9. The van der Waals surface area contributed by atoms with E-state index in [4.69, 9.17) is 14.2 Å². The number of carbonyl (C=O) groups excluding carboxylic acids is 5. The molecule has 1 aliphatic carbocycles. The first-order chi connectivity index (χ1) is 22.9. The zero-order chi connectivity index (χ0) is 36.7. The summed E-state index contributed by atoms with van der Waals surface area (Å²) in [5.74, 6) is -3.18. The molecule has 0 bridgehead atoms. The molecule has 2 aliphatic rings. The lowest BCUT2D eigenvalue weighted by Crippen LogP contribution is -2.60. The maximum absolute atomic E-state index is 14.3. The first-order valence-electron chi connectivity index (χ1n) is 16.2. The van der Waals surface area contributed by atoms with Crippen LogP contribution in [0.1, 0.15) is 78.4 Å². The molecule has 1 aromatic carbocycles. The zero-order valence-electron chi connectivity index (χ0n) is 29.0. The van der Waals surface area contributed by atoms with Gasteiger partial charge >= 0.3 is 12.2 Å². The van der Waals surface area contributed by atoms with Crippen LogP contribution in [0.25, 0.3) is 0 Å². The van der Waals surface area contributed by atoms with Crippen LogP contribution in [0.5, 0.6) is 0 Å². The van der Waals surface area contributed by atoms with Crippen molar-refractivity contribution in [3.8, 4) is 0 Å². The van der Waals surface area contributed by atoms with Crippen molar-refractivity contribution in [2.75, 3.05) is 20.3 Å². The summed E-state index contributed by atoms with van der Waals surface area (Å²) in [5.41, 5.74) is -1.36. The van der Waals surface area contributed by atoms with Gasteiger partial charge in [-0.2, -0.15) is 0 Å². The molecular weight excluding hydrogens is 665 g/mol.